The molecule has 0 saturated carbocycles. The number of ether oxygens (including phenoxy) is 1. The molecule has 0 spiro atoms. The van der Waals surface area contributed by atoms with Gasteiger partial charge in [-0.1, -0.05) is 62.4 Å². The minimum absolute atomic E-state index is 0.00659. The number of amides is 3. The zero-order chi connectivity index (χ0) is 30.3. The normalized spacial score (nSPS) is 13.0. The Morgan fingerprint density at radius 2 is 1.66 bits per heavy atom. The first-order chi connectivity index (χ1) is 19.3. The van der Waals surface area contributed by atoms with E-state index < -0.39 is 42.2 Å². The third kappa shape index (κ3) is 8.44. The van der Waals surface area contributed by atoms with Gasteiger partial charge < -0.3 is 30.5 Å². The zero-order valence-electron chi connectivity index (χ0n) is 24.6. The average Bonchev–Trinajstić information content (AvgIpc) is 2.88. The second-order valence-corrected chi connectivity index (χ2v) is 11.6. The summed E-state index contributed by atoms with van der Waals surface area (Å²) in [5, 5.41) is 28.5. The van der Waals surface area contributed by atoms with Gasteiger partial charge in [-0.3, -0.25) is 9.59 Å². The molecule has 3 aromatic carbocycles. The first kappa shape index (κ1) is 31.4. The molecular weight excluding hydrogens is 522 g/mol. The molecule has 3 aromatic rings. The minimum atomic E-state index is -1.31. The minimum Gasteiger partial charge on any atom is -0.507 e. The van der Waals surface area contributed by atoms with Gasteiger partial charge in [-0.15, -0.1) is 0 Å². The van der Waals surface area contributed by atoms with Crippen LogP contribution in [0.2, 0.25) is 0 Å². The summed E-state index contributed by atoms with van der Waals surface area (Å²) >= 11 is 0. The van der Waals surface area contributed by atoms with E-state index in [1.54, 1.807) is 52.0 Å². The molecular formula is C32H41N3O6. The van der Waals surface area contributed by atoms with Crippen LogP contribution in [0.4, 0.5) is 10.5 Å². The first-order valence-electron chi connectivity index (χ1n) is 13.8. The molecule has 0 aliphatic rings. The van der Waals surface area contributed by atoms with Crippen molar-refractivity contribution in [3.63, 3.8) is 0 Å². The quantitative estimate of drug-likeness (QED) is 0.265. The third-order valence-corrected chi connectivity index (χ3v) is 6.46. The predicted octanol–water partition coefficient (Wildman–Crippen LogP) is 5.29. The number of para-hydroxylation sites is 1. The number of hydrogen-bond acceptors (Lipinski definition) is 6. The van der Waals surface area contributed by atoms with Crippen LogP contribution in [0.25, 0.3) is 10.8 Å². The molecule has 0 saturated heterocycles. The highest BCUT2D eigenvalue weighted by atomic mass is 16.6. The SMILES string of the molecule is Cc1cccc(C(C(=O)Nc2ccc3ccccc3c2)N(CCO)C(=O)C(CC(C)C)NC(=O)OC(C)(C)C)c1O. The Balaban J connectivity index is 2.04. The highest BCUT2D eigenvalue weighted by molar-refractivity contribution is 6.00. The number of carbonyl (C=O) groups is 3. The van der Waals surface area contributed by atoms with Gasteiger partial charge in [0.05, 0.1) is 6.61 Å². The number of aliphatic hydroxyl groups excluding tert-OH is 1. The van der Waals surface area contributed by atoms with Crippen molar-refractivity contribution < 1.29 is 29.3 Å². The van der Waals surface area contributed by atoms with Crippen LogP contribution in [0.1, 0.15) is 58.2 Å². The van der Waals surface area contributed by atoms with Crippen LogP contribution in [0.15, 0.2) is 60.7 Å². The summed E-state index contributed by atoms with van der Waals surface area (Å²) in [4.78, 5) is 42.0. The number of carbonyl (C=O) groups excluding carboxylic acids is 3. The van der Waals surface area contributed by atoms with E-state index in [-0.39, 0.29) is 30.2 Å². The van der Waals surface area contributed by atoms with Crippen molar-refractivity contribution in [3.8, 4) is 5.75 Å². The zero-order valence-corrected chi connectivity index (χ0v) is 24.6. The van der Waals surface area contributed by atoms with Crippen molar-refractivity contribution >= 4 is 34.4 Å². The molecule has 3 amide bonds. The molecule has 3 rings (SSSR count). The Morgan fingerprint density at radius 1 is 0.976 bits per heavy atom. The van der Waals surface area contributed by atoms with Crippen molar-refractivity contribution in [2.75, 3.05) is 18.5 Å². The summed E-state index contributed by atoms with van der Waals surface area (Å²) in [6, 6.07) is 15.8. The molecule has 2 unspecified atom stereocenters. The molecule has 0 fully saturated rings. The number of hydrogen-bond donors (Lipinski definition) is 4. The molecule has 4 N–H and O–H groups in total. The van der Waals surface area contributed by atoms with E-state index >= 15 is 0 Å². The largest absolute Gasteiger partial charge is 0.507 e. The Kier molecular flexibility index (Phi) is 10.3. The van der Waals surface area contributed by atoms with Crippen molar-refractivity contribution in [2.45, 2.75) is 65.6 Å². The number of aromatic hydroxyl groups is 1. The van der Waals surface area contributed by atoms with Crippen LogP contribution in [-0.2, 0) is 14.3 Å². The molecule has 0 aliphatic heterocycles. The Bertz CT molecular complexity index is 1380. The molecule has 2 atom stereocenters. The van der Waals surface area contributed by atoms with Gasteiger partial charge in [0, 0.05) is 17.8 Å². The fraction of sp³-hybridized carbons (Fsp3) is 0.406. The van der Waals surface area contributed by atoms with Crippen molar-refractivity contribution in [2.24, 2.45) is 5.92 Å². The van der Waals surface area contributed by atoms with E-state index in [1.165, 1.54) is 4.90 Å². The molecule has 220 valence electrons. The third-order valence-electron chi connectivity index (χ3n) is 6.46. The Morgan fingerprint density at radius 3 is 2.29 bits per heavy atom. The molecule has 0 heterocycles. The fourth-order valence-corrected chi connectivity index (χ4v) is 4.65. The summed E-state index contributed by atoms with van der Waals surface area (Å²) in [6.45, 7) is 10.0. The van der Waals surface area contributed by atoms with Crippen molar-refractivity contribution in [1.29, 1.82) is 0 Å². The molecule has 0 aliphatic carbocycles. The van der Waals surface area contributed by atoms with Crippen molar-refractivity contribution in [3.05, 3.63) is 71.8 Å². The van der Waals surface area contributed by atoms with Gasteiger partial charge in [-0.2, -0.15) is 0 Å². The van der Waals surface area contributed by atoms with Crippen LogP contribution in [0, 0.1) is 12.8 Å². The number of alkyl carbamates (subject to hydrolysis) is 1. The summed E-state index contributed by atoms with van der Waals surface area (Å²) < 4.78 is 5.39. The molecule has 41 heavy (non-hydrogen) atoms. The van der Waals surface area contributed by atoms with Gasteiger partial charge in [0.1, 0.15) is 23.4 Å². The second-order valence-electron chi connectivity index (χ2n) is 11.6. The molecule has 0 aromatic heterocycles. The van der Waals surface area contributed by atoms with E-state index in [0.717, 1.165) is 10.8 Å². The van der Waals surface area contributed by atoms with E-state index in [1.807, 2.05) is 50.2 Å². The average molecular weight is 564 g/mol. The van der Waals surface area contributed by atoms with Gasteiger partial charge in [0.25, 0.3) is 5.91 Å². The van der Waals surface area contributed by atoms with Crippen LogP contribution < -0.4 is 10.6 Å². The van der Waals surface area contributed by atoms with E-state index in [2.05, 4.69) is 10.6 Å². The maximum Gasteiger partial charge on any atom is 0.408 e. The van der Waals surface area contributed by atoms with Crippen molar-refractivity contribution in [1.82, 2.24) is 10.2 Å². The highest BCUT2D eigenvalue weighted by Crippen LogP contribution is 2.33. The highest BCUT2D eigenvalue weighted by Gasteiger charge is 2.37. The van der Waals surface area contributed by atoms with Crippen LogP contribution in [-0.4, -0.2) is 57.8 Å². The lowest BCUT2D eigenvalue weighted by atomic mass is 9.97. The predicted molar refractivity (Wildman–Crippen MR) is 160 cm³/mol. The summed E-state index contributed by atoms with van der Waals surface area (Å²) in [7, 11) is 0. The number of nitrogens with zero attached hydrogens (tertiary/aromatic N) is 1. The number of benzene rings is 3. The molecule has 0 bridgehead atoms. The van der Waals surface area contributed by atoms with E-state index in [0.29, 0.717) is 11.3 Å². The fourth-order valence-electron chi connectivity index (χ4n) is 4.65. The Labute approximate surface area is 241 Å². The number of rotatable bonds is 10. The molecule has 9 heteroatoms. The number of nitrogens with one attached hydrogen (secondary N) is 2. The van der Waals surface area contributed by atoms with E-state index in [4.69, 9.17) is 4.74 Å². The summed E-state index contributed by atoms with van der Waals surface area (Å²) in [6.07, 6.45) is -0.505. The lowest BCUT2D eigenvalue weighted by Gasteiger charge is -2.35. The summed E-state index contributed by atoms with van der Waals surface area (Å²) in [5.41, 5.74) is 0.446. The number of phenols is 1. The Hall–Kier alpha value is -4.11. The standard InChI is InChI=1S/C32H41N3O6/c1-20(2)18-26(34-31(40)41-32(4,5)6)30(39)35(16-17-36)27(25-13-9-10-21(3)28(25)37)29(38)33-24-15-14-22-11-7-8-12-23(22)19-24/h7-15,19-20,26-27,36-37H,16-18H2,1-6H3,(H,33,38)(H,34,40). The van der Waals surface area contributed by atoms with Crippen LogP contribution in [0.5, 0.6) is 5.75 Å². The van der Waals surface area contributed by atoms with Gasteiger partial charge in [0.15, 0.2) is 0 Å². The van der Waals surface area contributed by atoms with Crippen LogP contribution in [0.3, 0.4) is 0 Å². The lowest BCUT2D eigenvalue weighted by molar-refractivity contribution is -0.141. The topological polar surface area (TPSA) is 128 Å². The smallest absolute Gasteiger partial charge is 0.408 e. The van der Waals surface area contributed by atoms with E-state index in [9.17, 15) is 24.6 Å². The van der Waals surface area contributed by atoms with Crippen LogP contribution >= 0.6 is 0 Å². The van der Waals surface area contributed by atoms with Gasteiger partial charge in [0.2, 0.25) is 5.91 Å². The van der Waals surface area contributed by atoms with Gasteiger partial charge in [-0.05, 0) is 68.5 Å². The van der Waals surface area contributed by atoms with Gasteiger partial charge in [-0.25, -0.2) is 4.79 Å². The second kappa shape index (κ2) is 13.5. The number of aryl methyl sites for hydroxylation is 1. The molecule has 9 nitrogen and oxygen atoms in total. The summed E-state index contributed by atoms with van der Waals surface area (Å²) in [5.74, 6) is -1.30. The maximum atomic E-state index is 14.1. The lowest BCUT2D eigenvalue weighted by Crippen LogP contribution is -2.53. The number of aliphatic hydroxyl groups is 1. The first-order valence-corrected chi connectivity index (χ1v) is 13.8. The number of anilines is 1. The number of fused-ring (bicyclic) bond motifs is 1. The van der Waals surface area contributed by atoms with Gasteiger partial charge >= 0.3 is 6.09 Å². The monoisotopic (exact) mass is 563 g/mol. The number of phenolic OH excluding ortho intramolecular Hbond substituents is 1. The maximum absolute atomic E-state index is 14.1. The molecule has 0 radical (unpaired) electrons.